The Kier molecular flexibility index (Phi) is 3.30. The van der Waals surface area contributed by atoms with Gasteiger partial charge in [-0.15, -0.1) is 0 Å². The van der Waals surface area contributed by atoms with Crippen molar-refractivity contribution in [3.63, 3.8) is 0 Å². The molecule has 1 aliphatic heterocycles. The fourth-order valence-corrected chi connectivity index (χ4v) is 1.64. The number of aromatic nitrogens is 2. The van der Waals surface area contributed by atoms with Gasteiger partial charge in [-0.05, 0) is 52.8 Å². The molecule has 0 saturated carbocycles. The van der Waals surface area contributed by atoms with Crippen molar-refractivity contribution in [2.45, 2.75) is 45.8 Å². The van der Waals surface area contributed by atoms with Gasteiger partial charge in [0.15, 0.2) is 0 Å². The highest BCUT2D eigenvalue weighted by Gasteiger charge is 2.49. The van der Waals surface area contributed by atoms with Crippen LogP contribution in [-0.2, 0) is 9.31 Å². The molecule has 96 valence electrons. The summed E-state index contributed by atoms with van der Waals surface area (Å²) in [5.74, 6) is 1.87. The molecule has 0 N–H and O–H groups in total. The molecule has 0 unspecified atom stereocenters. The van der Waals surface area contributed by atoms with Gasteiger partial charge in [0.1, 0.15) is 0 Å². The molecule has 0 aliphatic carbocycles. The Bertz CT molecular complexity index is 439. The SMILES string of the molecule is Cc1ccc(/C=C/B2OC(C)(C)C(C)(C)O2)nn1. The van der Waals surface area contributed by atoms with E-state index in [4.69, 9.17) is 9.31 Å². The van der Waals surface area contributed by atoms with Gasteiger partial charge in [-0.3, -0.25) is 0 Å². The van der Waals surface area contributed by atoms with E-state index in [0.717, 1.165) is 11.4 Å². The first-order valence-electron chi connectivity index (χ1n) is 6.14. The first-order valence-corrected chi connectivity index (χ1v) is 6.14. The smallest absolute Gasteiger partial charge is 0.400 e. The highest BCUT2D eigenvalue weighted by Crippen LogP contribution is 2.36. The van der Waals surface area contributed by atoms with E-state index in [1.165, 1.54) is 0 Å². The van der Waals surface area contributed by atoms with Gasteiger partial charge in [0.2, 0.25) is 0 Å². The van der Waals surface area contributed by atoms with Crippen LogP contribution in [0, 0.1) is 6.92 Å². The van der Waals surface area contributed by atoms with Crippen LogP contribution in [0.15, 0.2) is 18.1 Å². The van der Waals surface area contributed by atoms with Crippen LogP contribution in [0.3, 0.4) is 0 Å². The highest BCUT2D eigenvalue weighted by atomic mass is 16.7. The normalized spacial score (nSPS) is 21.7. The lowest BCUT2D eigenvalue weighted by Crippen LogP contribution is -2.41. The lowest BCUT2D eigenvalue weighted by Gasteiger charge is -2.32. The molecule has 0 aromatic carbocycles. The van der Waals surface area contributed by atoms with E-state index in [1.807, 2.05) is 58.8 Å². The van der Waals surface area contributed by atoms with Gasteiger partial charge in [0.05, 0.1) is 22.6 Å². The maximum Gasteiger partial charge on any atom is 0.487 e. The predicted molar refractivity (Wildman–Crippen MR) is 71.9 cm³/mol. The van der Waals surface area contributed by atoms with Crippen LogP contribution >= 0.6 is 0 Å². The molecule has 0 atom stereocenters. The lowest BCUT2D eigenvalue weighted by molar-refractivity contribution is 0.00578. The summed E-state index contributed by atoms with van der Waals surface area (Å²) < 4.78 is 11.7. The van der Waals surface area contributed by atoms with Crippen LogP contribution in [-0.4, -0.2) is 28.5 Å². The Morgan fingerprint density at radius 3 is 2.17 bits per heavy atom. The first kappa shape index (κ1) is 13.2. The van der Waals surface area contributed by atoms with Gasteiger partial charge in [-0.25, -0.2) is 0 Å². The van der Waals surface area contributed by atoms with E-state index in [2.05, 4.69) is 10.2 Å². The second-order valence-corrected chi connectivity index (χ2v) is 5.58. The molecule has 1 fully saturated rings. The molecule has 0 amide bonds. The van der Waals surface area contributed by atoms with Crippen LogP contribution in [0.4, 0.5) is 0 Å². The fraction of sp³-hybridized carbons (Fsp3) is 0.538. The highest BCUT2D eigenvalue weighted by molar-refractivity contribution is 6.52. The Labute approximate surface area is 109 Å². The molecular weight excluding hydrogens is 227 g/mol. The summed E-state index contributed by atoms with van der Waals surface area (Å²) >= 11 is 0. The zero-order chi connectivity index (χ0) is 13.4. The largest absolute Gasteiger partial charge is 0.487 e. The van der Waals surface area contributed by atoms with Crippen molar-refractivity contribution >= 4 is 13.2 Å². The van der Waals surface area contributed by atoms with Crippen molar-refractivity contribution in [3.05, 3.63) is 29.5 Å². The van der Waals surface area contributed by atoms with E-state index < -0.39 is 0 Å². The number of aryl methyl sites for hydroxylation is 1. The van der Waals surface area contributed by atoms with Gasteiger partial charge in [0, 0.05) is 0 Å². The molecule has 4 nitrogen and oxygen atoms in total. The summed E-state index contributed by atoms with van der Waals surface area (Å²) in [6.45, 7) is 10.0. The van der Waals surface area contributed by atoms with E-state index in [-0.39, 0.29) is 18.3 Å². The van der Waals surface area contributed by atoms with Gasteiger partial charge >= 0.3 is 7.12 Å². The summed E-state index contributed by atoms with van der Waals surface area (Å²) in [4.78, 5) is 0. The van der Waals surface area contributed by atoms with Crippen molar-refractivity contribution in [2.75, 3.05) is 0 Å². The van der Waals surface area contributed by atoms with Gasteiger partial charge in [0.25, 0.3) is 0 Å². The summed E-state index contributed by atoms with van der Waals surface area (Å²) in [5.41, 5.74) is 1.10. The Hall–Kier alpha value is -1.20. The Morgan fingerprint density at radius 2 is 1.67 bits per heavy atom. The predicted octanol–water partition coefficient (Wildman–Crippen LogP) is 2.43. The second kappa shape index (κ2) is 4.48. The third-order valence-electron chi connectivity index (χ3n) is 3.51. The number of hydrogen-bond donors (Lipinski definition) is 0. The summed E-state index contributed by atoms with van der Waals surface area (Å²) in [7, 11) is -0.335. The van der Waals surface area contributed by atoms with E-state index in [9.17, 15) is 0 Å². The van der Waals surface area contributed by atoms with Crippen LogP contribution < -0.4 is 0 Å². The minimum Gasteiger partial charge on any atom is -0.400 e. The Balaban J connectivity index is 2.06. The lowest BCUT2D eigenvalue weighted by atomic mass is 9.90. The molecule has 2 heterocycles. The van der Waals surface area contributed by atoms with Crippen LogP contribution in [0.2, 0.25) is 0 Å². The first-order chi connectivity index (χ1) is 8.30. The quantitative estimate of drug-likeness (QED) is 0.751. The number of hydrogen-bond acceptors (Lipinski definition) is 4. The molecule has 1 aromatic heterocycles. The maximum absolute atomic E-state index is 5.85. The summed E-state index contributed by atoms with van der Waals surface area (Å²) in [5, 5.41) is 8.06. The topological polar surface area (TPSA) is 44.2 Å². The van der Waals surface area contributed by atoms with Gasteiger partial charge in [-0.1, -0.05) is 5.98 Å². The van der Waals surface area contributed by atoms with Crippen molar-refractivity contribution in [1.82, 2.24) is 10.2 Å². The molecule has 2 rings (SSSR count). The molecule has 18 heavy (non-hydrogen) atoms. The van der Waals surface area contributed by atoms with Crippen molar-refractivity contribution in [1.29, 1.82) is 0 Å². The molecule has 5 heteroatoms. The van der Waals surface area contributed by atoms with Crippen molar-refractivity contribution < 1.29 is 9.31 Å². The minimum atomic E-state index is -0.335. The van der Waals surface area contributed by atoms with Gasteiger partial charge < -0.3 is 9.31 Å². The third kappa shape index (κ3) is 2.62. The van der Waals surface area contributed by atoms with E-state index in [0.29, 0.717) is 0 Å². The standard InChI is InChI=1S/C13H19BN2O2/c1-10-6-7-11(16-15-10)8-9-14-17-12(2,3)13(4,5)18-14/h6-9H,1-5H3/b9-8+. The third-order valence-corrected chi connectivity index (χ3v) is 3.51. The van der Waals surface area contributed by atoms with Gasteiger partial charge in [-0.2, -0.15) is 10.2 Å². The molecule has 0 spiro atoms. The average Bonchev–Trinajstić information content (AvgIpc) is 2.47. The fourth-order valence-electron chi connectivity index (χ4n) is 1.64. The molecule has 0 bridgehead atoms. The number of nitrogens with zero attached hydrogens (tertiary/aromatic N) is 2. The molecule has 1 saturated heterocycles. The molecular formula is C13H19BN2O2. The monoisotopic (exact) mass is 246 g/mol. The summed E-state index contributed by atoms with van der Waals surface area (Å²) in [6, 6.07) is 3.85. The summed E-state index contributed by atoms with van der Waals surface area (Å²) in [6.07, 6.45) is 1.87. The number of rotatable bonds is 2. The van der Waals surface area contributed by atoms with Crippen LogP contribution in [0.25, 0.3) is 6.08 Å². The van der Waals surface area contributed by atoms with Crippen LogP contribution in [0.1, 0.15) is 39.1 Å². The Morgan fingerprint density at radius 1 is 1.06 bits per heavy atom. The maximum atomic E-state index is 5.85. The van der Waals surface area contributed by atoms with E-state index in [1.54, 1.807) is 0 Å². The van der Waals surface area contributed by atoms with E-state index >= 15 is 0 Å². The van der Waals surface area contributed by atoms with Crippen LogP contribution in [0.5, 0.6) is 0 Å². The van der Waals surface area contributed by atoms with Crippen molar-refractivity contribution in [3.8, 4) is 0 Å². The zero-order valence-electron chi connectivity index (χ0n) is 11.6. The molecule has 1 aliphatic rings. The average molecular weight is 246 g/mol. The molecule has 1 aromatic rings. The second-order valence-electron chi connectivity index (χ2n) is 5.58. The minimum absolute atomic E-state index is 0.305. The van der Waals surface area contributed by atoms with Crippen molar-refractivity contribution in [2.24, 2.45) is 0 Å². The molecule has 0 radical (unpaired) electrons. The zero-order valence-corrected chi connectivity index (χ0v) is 11.6.